The van der Waals surface area contributed by atoms with Gasteiger partial charge in [0.05, 0.1) is 14.2 Å². The lowest BCUT2D eigenvalue weighted by Crippen LogP contribution is -2.40. The maximum absolute atomic E-state index is 12.2. The Labute approximate surface area is 129 Å². The molecular formula is C16H21NO5. The molecule has 0 saturated carbocycles. The number of benzene rings is 1. The molecule has 0 bridgehead atoms. The van der Waals surface area contributed by atoms with Gasteiger partial charge in [-0.1, -0.05) is 13.0 Å². The second-order valence-corrected chi connectivity index (χ2v) is 4.64. The molecule has 0 aliphatic carbocycles. The summed E-state index contributed by atoms with van der Waals surface area (Å²) in [5, 5.41) is 11.5. The van der Waals surface area contributed by atoms with E-state index in [1.165, 1.54) is 20.3 Å². The van der Waals surface area contributed by atoms with E-state index >= 15 is 0 Å². The number of methoxy groups -OCH3 is 2. The van der Waals surface area contributed by atoms with Crippen molar-refractivity contribution in [1.82, 2.24) is 5.32 Å². The van der Waals surface area contributed by atoms with Gasteiger partial charge in [0, 0.05) is 11.1 Å². The fourth-order valence-corrected chi connectivity index (χ4v) is 2.06. The SMILES string of the molecule is C=CCc1cc(C(=O)NC(CC)C(=O)O)cc(OC)c1OC. The zero-order valence-corrected chi connectivity index (χ0v) is 13.0. The number of rotatable bonds is 8. The Morgan fingerprint density at radius 3 is 2.50 bits per heavy atom. The second-order valence-electron chi connectivity index (χ2n) is 4.64. The maximum atomic E-state index is 12.2. The number of hydrogen-bond donors (Lipinski definition) is 2. The van der Waals surface area contributed by atoms with Gasteiger partial charge in [-0.05, 0) is 25.0 Å². The Morgan fingerprint density at radius 2 is 2.05 bits per heavy atom. The van der Waals surface area contributed by atoms with Crippen LogP contribution < -0.4 is 14.8 Å². The number of amides is 1. The number of ether oxygens (including phenoxy) is 2. The van der Waals surface area contributed by atoms with Crippen LogP contribution in [0.4, 0.5) is 0 Å². The van der Waals surface area contributed by atoms with E-state index in [4.69, 9.17) is 14.6 Å². The summed E-state index contributed by atoms with van der Waals surface area (Å²) in [4.78, 5) is 23.3. The topological polar surface area (TPSA) is 84.9 Å². The van der Waals surface area contributed by atoms with Crippen molar-refractivity contribution in [3.63, 3.8) is 0 Å². The average molecular weight is 307 g/mol. The summed E-state index contributed by atoms with van der Waals surface area (Å²) in [5.41, 5.74) is 1.06. The first-order chi connectivity index (χ1) is 10.5. The number of allylic oxidation sites excluding steroid dienone is 1. The number of carboxylic acids is 1. The Hall–Kier alpha value is -2.50. The molecule has 0 fully saturated rings. The van der Waals surface area contributed by atoms with Crippen LogP contribution in [0.1, 0.15) is 29.3 Å². The van der Waals surface area contributed by atoms with Crippen LogP contribution in [0.25, 0.3) is 0 Å². The summed E-state index contributed by atoms with van der Waals surface area (Å²) in [7, 11) is 2.99. The molecule has 0 aromatic heterocycles. The quantitative estimate of drug-likeness (QED) is 0.718. The highest BCUT2D eigenvalue weighted by Gasteiger charge is 2.21. The van der Waals surface area contributed by atoms with Crippen molar-refractivity contribution in [3.05, 3.63) is 35.9 Å². The van der Waals surface area contributed by atoms with Crippen LogP contribution in [-0.4, -0.2) is 37.2 Å². The van der Waals surface area contributed by atoms with Crippen LogP contribution in [0.5, 0.6) is 11.5 Å². The lowest BCUT2D eigenvalue weighted by atomic mass is 10.0. The molecule has 1 unspecified atom stereocenters. The van der Waals surface area contributed by atoms with Gasteiger partial charge in [0.1, 0.15) is 6.04 Å². The minimum absolute atomic E-state index is 0.299. The second kappa shape index (κ2) is 8.07. The third-order valence-corrected chi connectivity index (χ3v) is 3.19. The largest absolute Gasteiger partial charge is 0.493 e. The smallest absolute Gasteiger partial charge is 0.326 e. The number of nitrogens with one attached hydrogen (secondary N) is 1. The molecule has 0 saturated heterocycles. The third kappa shape index (κ3) is 4.00. The highest BCUT2D eigenvalue weighted by Crippen LogP contribution is 2.33. The van der Waals surface area contributed by atoms with Crippen molar-refractivity contribution in [1.29, 1.82) is 0 Å². The molecule has 1 amide bonds. The van der Waals surface area contributed by atoms with E-state index in [0.29, 0.717) is 29.9 Å². The third-order valence-electron chi connectivity index (χ3n) is 3.19. The van der Waals surface area contributed by atoms with Crippen LogP contribution >= 0.6 is 0 Å². The first-order valence-electron chi connectivity index (χ1n) is 6.87. The summed E-state index contributed by atoms with van der Waals surface area (Å²) >= 11 is 0. The molecule has 22 heavy (non-hydrogen) atoms. The predicted octanol–water partition coefficient (Wildman–Crippen LogP) is 2.03. The van der Waals surface area contributed by atoms with E-state index in [1.807, 2.05) is 0 Å². The highest BCUT2D eigenvalue weighted by molar-refractivity contribution is 5.97. The van der Waals surface area contributed by atoms with Crippen LogP contribution in [0.3, 0.4) is 0 Å². The van der Waals surface area contributed by atoms with Crippen LogP contribution in [0, 0.1) is 0 Å². The summed E-state index contributed by atoms with van der Waals surface area (Å²) in [5.74, 6) is -0.595. The Balaban J connectivity index is 3.18. The van der Waals surface area contributed by atoms with Crippen molar-refractivity contribution in [2.24, 2.45) is 0 Å². The number of aliphatic carboxylic acids is 1. The lowest BCUT2D eigenvalue weighted by molar-refractivity contribution is -0.139. The Morgan fingerprint density at radius 1 is 1.36 bits per heavy atom. The van der Waals surface area contributed by atoms with Gasteiger partial charge in [-0.15, -0.1) is 6.58 Å². The molecule has 2 N–H and O–H groups in total. The molecule has 0 aliphatic rings. The standard InChI is InChI=1S/C16H21NO5/c1-5-7-10-8-11(9-13(21-3)14(10)22-4)15(18)17-12(6-2)16(19)20/h5,8-9,12H,1,6-7H2,2-4H3,(H,17,18)(H,19,20). The number of carboxylic acid groups (broad SMARTS) is 1. The van der Waals surface area contributed by atoms with E-state index in [-0.39, 0.29) is 0 Å². The van der Waals surface area contributed by atoms with E-state index in [0.717, 1.165) is 5.56 Å². The maximum Gasteiger partial charge on any atom is 0.326 e. The van der Waals surface area contributed by atoms with Gasteiger partial charge in [0.2, 0.25) is 0 Å². The molecule has 0 spiro atoms. The molecule has 1 atom stereocenters. The lowest BCUT2D eigenvalue weighted by Gasteiger charge is -2.16. The molecule has 0 aliphatic heterocycles. The molecule has 1 rings (SSSR count). The zero-order chi connectivity index (χ0) is 16.7. The van der Waals surface area contributed by atoms with Crippen molar-refractivity contribution >= 4 is 11.9 Å². The van der Waals surface area contributed by atoms with Gasteiger partial charge in [-0.2, -0.15) is 0 Å². The fourth-order valence-electron chi connectivity index (χ4n) is 2.06. The minimum atomic E-state index is -1.07. The van der Waals surface area contributed by atoms with E-state index in [1.54, 1.807) is 19.1 Å². The minimum Gasteiger partial charge on any atom is -0.493 e. The molecule has 6 nitrogen and oxygen atoms in total. The molecule has 120 valence electrons. The van der Waals surface area contributed by atoms with Crippen molar-refractivity contribution in [2.45, 2.75) is 25.8 Å². The molecule has 0 radical (unpaired) electrons. The van der Waals surface area contributed by atoms with Gasteiger partial charge in [0.25, 0.3) is 5.91 Å². The molecule has 0 heterocycles. The number of hydrogen-bond acceptors (Lipinski definition) is 4. The Bertz CT molecular complexity index is 568. The summed E-state index contributed by atoms with van der Waals surface area (Å²) in [6.07, 6.45) is 2.48. The van der Waals surface area contributed by atoms with Crippen LogP contribution in [0.2, 0.25) is 0 Å². The van der Waals surface area contributed by atoms with E-state index < -0.39 is 17.9 Å². The van der Waals surface area contributed by atoms with Gasteiger partial charge in [-0.25, -0.2) is 4.79 Å². The first-order valence-corrected chi connectivity index (χ1v) is 6.87. The van der Waals surface area contributed by atoms with Crippen molar-refractivity contribution < 1.29 is 24.2 Å². The summed E-state index contributed by atoms with van der Waals surface area (Å²) < 4.78 is 10.5. The Kier molecular flexibility index (Phi) is 6.44. The van der Waals surface area contributed by atoms with Gasteiger partial charge in [0.15, 0.2) is 11.5 Å². The normalized spacial score (nSPS) is 11.4. The highest BCUT2D eigenvalue weighted by atomic mass is 16.5. The summed E-state index contributed by atoms with van der Waals surface area (Å²) in [6.45, 7) is 5.36. The van der Waals surface area contributed by atoms with Crippen LogP contribution in [-0.2, 0) is 11.2 Å². The van der Waals surface area contributed by atoms with E-state index in [2.05, 4.69) is 11.9 Å². The van der Waals surface area contributed by atoms with Gasteiger partial charge < -0.3 is 19.9 Å². The molecule has 6 heteroatoms. The van der Waals surface area contributed by atoms with E-state index in [9.17, 15) is 9.59 Å². The number of carbonyl (C=O) groups excluding carboxylic acids is 1. The first kappa shape index (κ1) is 17.6. The monoisotopic (exact) mass is 307 g/mol. The van der Waals surface area contributed by atoms with Gasteiger partial charge >= 0.3 is 5.97 Å². The molecule has 1 aromatic rings. The summed E-state index contributed by atoms with van der Waals surface area (Å²) in [6, 6.07) is 2.24. The molecular weight excluding hydrogens is 286 g/mol. The van der Waals surface area contributed by atoms with Gasteiger partial charge in [-0.3, -0.25) is 4.79 Å². The average Bonchev–Trinajstić information content (AvgIpc) is 2.51. The fraction of sp³-hybridized carbons (Fsp3) is 0.375. The van der Waals surface area contributed by atoms with Crippen molar-refractivity contribution in [2.75, 3.05) is 14.2 Å². The molecule has 1 aromatic carbocycles. The van der Waals surface area contributed by atoms with Crippen molar-refractivity contribution in [3.8, 4) is 11.5 Å². The predicted molar refractivity (Wildman–Crippen MR) is 82.6 cm³/mol. The zero-order valence-electron chi connectivity index (χ0n) is 13.0. The number of carbonyl (C=O) groups is 2. The van der Waals surface area contributed by atoms with Crippen LogP contribution in [0.15, 0.2) is 24.8 Å².